The molecular formula is C27H23N5O. The molecule has 162 valence electrons. The lowest BCUT2D eigenvalue weighted by Gasteiger charge is -2.29. The molecule has 6 heteroatoms. The average Bonchev–Trinajstić information content (AvgIpc) is 3.39. The van der Waals surface area contributed by atoms with Crippen LogP contribution in [-0.4, -0.2) is 26.1 Å². The Morgan fingerprint density at radius 1 is 0.879 bits per heavy atom. The van der Waals surface area contributed by atoms with Gasteiger partial charge < -0.3 is 18.8 Å². The maximum Gasteiger partial charge on any atom is 0.144 e. The van der Waals surface area contributed by atoms with Gasteiger partial charge in [0, 0.05) is 36.6 Å². The van der Waals surface area contributed by atoms with Crippen LogP contribution in [0.15, 0.2) is 66.9 Å². The lowest BCUT2D eigenvalue weighted by molar-refractivity contribution is 0.482. The second-order valence-electron chi connectivity index (χ2n) is 8.94. The highest BCUT2D eigenvalue weighted by molar-refractivity contribution is 5.86. The number of fused-ring (bicyclic) bond motifs is 8. The highest BCUT2D eigenvalue weighted by atomic mass is 16.5. The summed E-state index contributed by atoms with van der Waals surface area (Å²) in [6, 6.07) is 20.9. The predicted molar refractivity (Wildman–Crippen MR) is 130 cm³/mol. The summed E-state index contributed by atoms with van der Waals surface area (Å²) in [4.78, 5) is 11.9. The summed E-state index contributed by atoms with van der Waals surface area (Å²) < 4.78 is 10.9. The molecule has 0 unspecified atom stereocenters. The molecule has 0 radical (unpaired) electrons. The van der Waals surface area contributed by atoms with Gasteiger partial charge in [0.15, 0.2) is 0 Å². The molecule has 0 amide bonds. The summed E-state index contributed by atoms with van der Waals surface area (Å²) in [5.74, 6) is 3.64. The van der Waals surface area contributed by atoms with E-state index in [2.05, 4.69) is 75.8 Å². The minimum Gasteiger partial charge on any atom is -0.457 e. The molecule has 33 heavy (non-hydrogen) atoms. The summed E-state index contributed by atoms with van der Waals surface area (Å²) in [6.45, 7) is 3.80. The zero-order chi connectivity index (χ0) is 22.1. The first kappa shape index (κ1) is 18.5. The SMILES string of the molecule is Cc1cn2c(n1)-c1cc(Oc3ccc4c(c3)-c3nc5ccccc5n3CN4C)ccc1CC2. The third kappa shape index (κ3) is 2.80. The third-order valence-electron chi connectivity index (χ3n) is 6.71. The first-order chi connectivity index (χ1) is 16.1. The summed E-state index contributed by atoms with van der Waals surface area (Å²) in [5.41, 5.74) is 7.94. The van der Waals surface area contributed by atoms with Gasteiger partial charge in [0.05, 0.1) is 23.4 Å². The van der Waals surface area contributed by atoms with Crippen molar-refractivity contribution in [3.05, 3.63) is 78.1 Å². The Bertz CT molecular complexity index is 1560. The van der Waals surface area contributed by atoms with Crippen LogP contribution in [0.25, 0.3) is 33.8 Å². The number of hydrogen-bond donors (Lipinski definition) is 0. The van der Waals surface area contributed by atoms with Crippen LogP contribution in [0, 0.1) is 6.92 Å². The number of imidazole rings is 2. The molecule has 0 fully saturated rings. The summed E-state index contributed by atoms with van der Waals surface area (Å²) in [6.07, 6.45) is 3.14. The van der Waals surface area contributed by atoms with E-state index in [9.17, 15) is 0 Å². The molecule has 2 aromatic heterocycles. The first-order valence-corrected chi connectivity index (χ1v) is 11.3. The van der Waals surface area contributed by atoms with Gasteiger partial charge in [0.25, 0.3) is 0 Å². The molecule has 5 aromatic rings. The van der Waals surface area contributed by atoms with Crippen LogP contribution in [0.5, 0.6) is 11.5 Å². The van der Waals surface area contributed by atoms with Crippen LogP contribution < -0.4 is 9.64 Å². The van der Waals surface area contributed by atoms with Gasteiger partial charge in [-0.2, -0.15) is 0 Å². The van der Waals surface area contributed by atoms with Gasteiger partial charge in [-0.15, -0.1) is 0 Å². The standard InChI is InChI=1S/C27H23N5O/c1-17-15-31-12-11-18-7-8-19(13-21(18)26(31)28-17)33-20-9-10-24-22(14-20)27-29-23-5-3-4-6-25(23)32(27)16-30(24)2/h3-10,13-15H,11-12,16H2,1-2H3. The molecule has 0 atom stereocenters. The summed E-state index contributed by atoms with van der Waals surface area (Å²) >= 11 is 0. The van der Waals surface area contributed by atoms with Crippen molar-refractivity contribution in [1.82, 2.24) is 19.1 Å². The minimum atomic E-state index is 0.778. The number of para-hydroxylation sites is 2. The molecular weight excluding hydrogens is 410 g/mol. The number of aryl methyl sites for hydroxylation is 3. The van der Waals surface area contributed by atoms with Crippen molar-refractivity contribution in [2.45, 2.75) is 26.6 Å². The fourth-order valence-electron chi connectivity index (χ4n) is 5.16. The van der Waals surface area contributed by atoms with Gasteiger partial charge in [-0.1, -0.05) is 18.2 Å². The Balaban J connectivity index is 1.29. The Hall–Kier alpha value is -4.06. The molecule has 0 aliphatic carbocycles. The van der Waals surface area contributed by atoms with Crippen LogP contribution in [0.2, 0.25) is 0 Å². The van der Waals surface area contributed by atoms with Crippen molar-refractivity contribution in [1.29, 1.82) is 0 Å². The highest BCUT2D eigenvalue weighted by Gasteiger charge is 2.24. The normalized spacial score (nSPS) is 13.9. The van der Waals surface area contributed by atoms with E-state index >= 15 is 0 Å². The monoisotopic (exact) mass is 433 g/mol. The number of nitrogens with zero attached hydrogens (tertiary/aromatic N) is 5. The minimum absolute atomic E-state index is 0.778. The molecule has 2 aliphatic rings. The van der Waals surface area contributed by atoms with E-state index in [0.717, 1.165) is 76.3 Å². The van der Waals surface area contributed by atoms with Gasteiger partial charge in [0.2, 0.25) is 0 Å². The fourth-order valence-corrected chi connectivity index (χ4v) is 5.16. The molecule has 6 nitrogen and oxygen atoms in total. The number of ether oxygens (including phenoxy) is 1. The molecule has 0 saturated heterocycles. The molecule has 0 bridgehead atoms. The van der Waals surface area contributed by atoms with Gasteiger partial charge in [0.1, 0.15) is 23.1 Å². The number of rotatable bonds is 2. The van der Waals surface area contributed by atoms with Gasteiger partial charge in [-0.3, -0.25) is 0 Å². The molecule has 3 aromatic carbocycles. The largest absolute Gasteiger partial charge is 0.457 e. The van der Waals surface area contributed by atoms with Crippen LogP contribution >= 0.6 is 0 Å². The average molecular weight is 434 g/mol. The van der Waals surface area contributed by atoms with E-state index in [1.54, 1.807) is 0 Å². The second kappa shape index (κ2) is 6.72. The highest BCUT2D eigenvalue weighted by Crippen LogP contribution is 2.40. The van der Waals surface area contributed by atoms with E-state index in [-0.39, 0.29) is 0 Å². The number of hydrogen-bond acceptors (Lipinski definition) is 4. The molecule has 0 saturated carbocycles. The maximum atomic E-state index is 6.36. The van der Waals surface area contributed by atoms with Gasteiger partial charge in [-0.05, 0) is 61.4 Å². The van der Waals surface area contributed by atoms with Crippen LogP contribution in [0.1, 0.15) is 11.3 Å². The van der Waals surface area contributed by atoms with Gasteiger partial charge >= 0.3 is 0 Å². The predicted octanol–water partition coefficient (Wildman–Crippen LogP) is 5.63. The number of anilines is 1. The van der Waals surface area contributed by atoms with E-state index < -0.39 is 0 Å². The Morgan fingerprint density at radius 2 is 1.70 bits per heavy atom. The smallest absolute Gasteiger partial charge is 0.144 e. The van der Waals surface area contributed by atoms with Gasteiger partial charge in [-0.25, -0.2) is 9.97 Å². The molecule has 0 spiro atoms. The summed E-state index contributed by atoms with van der Waals surface area (Å²) in [7, 11) is 2.12. The van der Waals surface area contributed by atoms with E-state index in [1.807, 2.05) is 19.1 Å². The van der Waals surface area contributed by atoms with Crippen molar-refractivity contribution in [2.24, 2.45) is 0 Å². The zero-order valence-electron chi connectivity index (χ0n) is 18.6. The molecule has 4 heterocycles. The Morgan fingerprint density at radius 3 is 2.61 bits per heavy atom. The fraction of sp³-hybridized carbons (Fsp3) is 0.185. The van der Waals surface area contributed by atoms with E-state index in [4.69, 9.17) is 14.7 Å². The quantitative estimate of drug-likeness (QED) is 0.362. The van der Waals surface area contributed by atoms with Crippen LogP contribution in [0.3, 0.4) is 0 Å². The lowest BCUT2D eigenvalue weighted by Crippen LogP contribution is -2.26. The maximum absolute atomic E-state index is 6.36. The van der Waals surface area contributed by atoms with E-state index in [1.165, 1.54) is 5.56 Å². The third-order valence-corrected chi connectivity index (χ3v) is 6.71. The second-order valence-corrected chi connectivity index (χ2v) is 8.94. The zero-order valence-corrected chi connectivity index (χ0v) is 18.6. The van der Waals surface area contributed by atoms with Crippen molar-refractivity contribution < 1.29 is 4.74 Å². The first-order valence-electron chi connectivity index (χ1n) is 11.3. The molecule has 7 rings (SSSR count). The lowest BCUT2D eigenvalue weighted by atomic mass is 10.0. The van der Waals surface area contributed by atoms with E-state index in [0.29, 0.717) is 0 Å². The van der Waals surface area contributed by atoms with Crippen molar-refractivity contribution in [2.75, 3.05) is 11.9 Å². The topological polar surface area (TPSA) is 48.1 Å². The Labute approximate surface area is 191 Å². The van der Waals surface area contributed by atoms with Crippen molar-refractivity contribution in [3.8, 4) is 34.3 Å². The number of benzene rings is 3. The van der Waals surface area contributed by atoms with Crippen LogP contribution in [0.4, 0.5) is 5.69 Å². The Kier molecular flexibility index (Phi) is 3.77. The summed E-state index contributed by atoms with van der Waals surface area (Å²) in [5, 5.41) is 0. The number of aromatic nitrogens is 4. The molecule has 2 aliphatic heterocycles. The molecule has 0 N–H and O–H groups in total. The van der Waals surface area contributed by atoms with Crippen molar-refractivity contribution >= 4 is 16.7 Å². The van der Waals surface area contributed by atoms with Crippen molar-refractivity contribution in [3.63, 3.8) is 0 Å². The van der Waals surface area contributed by atoms with Crippen LogP contribution in [-0.2, 0) is 19.6 Å².